The van der Waals surface area contributed by atoms with E-state index in [4.69, 9.17) is 15.7 Å². The van der Waals surface area contributed by atoms with Crippen LogP contribution in [-0.4, -0.2) is 32.7 Å². The molecule has 3 heterocycles. The van der Waals surface area contributed by atoms with Crippen molar-refractivity contribution >= 4 is 37.7 Å². The summed E-state index contributed by atoms with van der Waals surface area (Å²) in [6.45, 7) is 7.20. The lowest BCUT2D eigenvalue weighted by molar-refractivity contribution is 0.761. The van der Waals surface area contributed by atoms with Crippen molar-refractivity contribution in [2.24, 2.45) is 5.73 Å². The van der Waals surface area contributed by atoms with Crippen LogP contribution in [0.15, 0.2) is 24.3 Å². The monoisotopic (exact) mass is 359 g/mol. The van der Waals surface area contributed by atoms with Crippen LogP contribution in [0.3, 0.4) is 0 Å². The Labute approximate surface area is 147 Å². The largest absolute Gasteiger partial charge is 0.324 e. The number of benzene rings is 1. The van der Waals surface area contributed by atoms with E-state index in [0.717, 1.165) is 28.8 Å². The highest BCUT2D eigenvalue weighted by molar-refractivity contribution is 7.73. The second-order valence-electron chi connectivity index (χ2n) is 7.44. The molecule has 1 aromatic heterocycles. The Balaban J connectivity index is 1.91. The van der Waals surface area contributed by atoms with Gasteiger partial charge in [-0.1, -0.05) is 32.9 Å². The van der Waals surface area contributed by atoms with Crippen molar-refractivity contribution in [2.75, 3.05) is 0 Å². The molecule has 0 saturated carbocycles. The topological polar surface area (TPSA) is 51.8 Å². The van der Waals surface area contributed by atoms with Crippen LogP contribution in [0.2, 0.25) is 0 Å². The molecule has 0 spiro atoms. The van der Waals surface area contributed by atoms with E-state index in [0.29, 0.717) is 11.4 Å². The van der Waals surface area contributed by atoms with Crippen molar-refractivity contribution in [1.29, 1.82) is 0 Å². The molecule has 2 N–H and O–H groups in total. The fraction of sp³-hybridized carbons (Fsp3) is 0.579. The third-order valence-corrected chi connectivity index (χ3v) is 12.1. The minimum absolute atomic E-state index is 0.224. The molecule has 0 amide bonds. The first-order chi connectivity index (χ1) is 11.6. The van der Waals surface area contributed by atoms with Crippen LogP contribution in [0.4, 0.5) is 0 Å². The lowest BCUT2D eigenvalue weighted by atomic mass is 10.2. The molecular weight excluding hydrogens is 332 g/mol. The maximum absolute atomic E-state index is 6.55. The highest BCUT2D eigenvalue weighted by Gasteiger charge is 2.40. The Morgan fingerprint density at radius 3 is 1.75 bits per heavy atom. The highest BCUT2D eigenvalue weighted by atomic mass is 31.1. The van der Waals surface area contributed by atoms with Crippen molar-refractivity contribution in [2.45, 2.75) is 69.2 Å². The minimum atomic E-state index is -0.391. The number of hydrogen-bond acceptors (Lipinski definition) is 3. The second kappa shape index (κ2) is 6.60. The molecule has 3 nitrogen and oxygen atoms in total. The van der Waals surface area contributed by atoms with E-state index < -0.39 is 7.92 Å². The van der Waals surface area contributed by atoms with Crippen molar-refractivity contribution in [3.05, 3.63) is 24.3 Å². The average Bonchev–Trinajstić information content (AvgIpc) is 3.08. The van der Waals surface area contributed by atoms with Gasteiger partial charge in [0.1, 0.15) is 0 Å². The summed E-state index contributed by atoms with van der Waals surface area (Å²) >= 11 is 0. The van der Waals surface area contributed by atoms with Crippen molar-refractivity contribution < 1.29 is 0 Å². The number of para-hydroxylation sites is 2. The maximum atomic E-state index is 6.55. The van der Waals surface area contributed by atoms with Gasteiger partial charge in [0.05, 0.1) is 21.9 Å². The van der Waals surface area contributed by atoms with Crippen LogP contribution in [0, 0.1) is 0 Å². The summed E-state index contributed by atoms with van der Waals surface area (Å²) in [5.74, 6) is 0.299. The zero-order valence-corrected chi connectivity index (χ0v) is 16.6. The molecule has 24 heavy (non-hydrogen) atoms. The minimum Gasteiger partial charge on any atom is -0.324 e. The normalized spacial score (nSPS) is 34.2. The SMILES string of the molecule is C[C@@H]1CC[C@@H](C)P1c1nc2ccccc2nc1P1[C@H](C)CC[C@H]1N. The van der Waals surface area contributed by atoms with Crippen LogP contribution >= 0.6 is 15.8 Å². The molecule has 4 rings (SSSR count). The first kappa shape index (κ1) is 16.8. The molecule has 0 radical (unpaired) electrons. The molecule has 5 heteroatoms. The molecule has 1 unspecified atom stereocenters. The van der Waals surface area contributed by atoms with Gasteiger partial charge < -0.3 is 5.73 Å². The Kier molecular flexibility index (Phi) is 4.63. The van der Waals surface area contributed by atoms with Crippen molar-refractivity contribution in [1.82, 2.24) is 9.97 Å². The van der Waals surface area contributed by atoms with Gasteiger partial charge in [0.25, 0.3) is 0 Å². The van der Waals surface area contributed by atoms with Crippen molar-refractivity contribution in [3.8, 4) is 0 Å². The number of nitrogens with two attached hydrogens (primary N) is 1. The Morgan fingerprint density at radius 1 is 0.792 bits per heavy atom. The number of rotatable bonds is 2. The highest BCUT2D eigenvalue weighted by Crippen LogP contribution is 2.57. The zero-order valence-electron chi connectivity index (χ0n) is 14.8. The van der Waals surface area contributed by atoms with E-state index in [1.54, 1.807) is 0 Å². The summed E-state index contributed by atoms with van der Waals surface area (Å²) in [6, 6.07) is 8.36. The molecular formula is C19H27N3P2. The summed E-state index contributed by atoms with van der Waals surface area (Å²) in [5, 5.41) is 0. The number of fused-ring (bicyclic) bond motifs is 1. The van der Waals surface area contributed by atoms with Gasteiger partial charge in [-0.3, -0.25) is 0 Å². The molecule has 2 fully saturated rings. The lowest BCUT2D eigenvalue weighted by Crippen LogP contribution is -2.36. The van der Waals surface area contributed by atoms with Gasteiger partial charge in [0.15, 0.2) is 0 Å². The molecule has 2 aliphatic heterocycles. The van der Waals surface area contributed by atoms with E-state index in [9.17, 15) is 0 Å². The number of nitrogens with zero attached hydrogens (tertiary/aromatic N) is 2. The van der Waals surface area contributed by atoms with Crippen LogP contribution in [0.25, 0.3) is 11.0 Å². The molecule has 1 aromatic carbocycles. The lowest BCUT2D eigenvalue weighted by Gasteiger charge is -2.28. The number of aromatic nitrogens is 2. The summed E-state index contributed by atoms with van der Waals surface area (Å²) in [6.07, 6.45) is 5.05. The van der Waals surface area contributed by atoms with E-state index in [1.807, 2.05) is 0 Å². The Bertz CT molecular complexity index is 668. The predicted octanol–water partition coefficient (Wildman–Crippen LogP) is 3.88. The standard InChI is InChI=1S/C19H27N3P2/c1-12-8-9-13(2)23(12)18-19(24-14(3)10-11-17(24)20)22-16-7-5-4-6-15(16)21-18/h4-7,12-14,17H,8-11,20H2,1-3H3/t12-,13-,14-,17+,24?/m1/s1. The predicted molar refractivity (Wildman–Crippen MR) is 107 cm³/mol. The van der Waals surface area contributed by atoms with Gasteiger partial charge in [-0.2, -0.15) is 0 Å². The molecule has 2 aromatic rings. The summed E-state index contributed by atoms with van der Waals surface area (Å²) in [4.78, 5) is 10.4. The van der Waals surface area contributed by atoms with Crippen molar-refractivity contribution in [3.63, 3.8) is 0 Å². The van der Waals surface area contributed by atoms with E-state index in [1.165, 1.54) is 30.1 Å². The molecule has 2 aliphatic rings. The molecule has 2 saturated heterocycles. The summed E-state index contributed by atoms with van der Waals surface area (Å²) in [5.41, 5.74) is 13.5. The van der Waals surface area contributed by atoms with Crippen LogP contribution in [-0.2, 0) is 0 Å². The van der Waals surface area contributed by atoms with Crippen LogP contribution in [0.1, 0.15) is 46.5 Å². The first-order valence-corrected chi connectivity index (χ1v) is 12.1. The third-order valence-electron chi connectivity index (χ3n) is 5.69. The van der Waals surface area contributed by atoms with Crippen LogP contribution in [0.5, 0.6) is 0 Å². The Hall–Kier alpha value is -0.620. The maximum Gasteiger partial charge on any atom is 0.0915 e. The van der Waals surface area contributed by atoms with E-state index >= 15 is 0 Å². The average molecular weight is 359 g/mol. The van der Waals surface area contributed by atoms with Gasteiger partial charge in [0.2, 0.25) is 0 Å². The third kappa shape index (κ3) is 2.79. The number of hydrogen-bond donors (Lipinski definition) is 1. The zero-order chi connectivity index (χ0) is 16.8. The van der Waals surface area contributed by atoms with Crippen LogP contribution < -0.4 is 16.6 Å². The van der Waals surface area contributed by atoms with Gasteiger partial charge >= 0.3 is 0 Å². The Morgan fingerprint density at radius 2 is 1.25 bits per heavy atom. The fourth-order valence-electron chi connectivity index (χ4n) is 4.32. The van der Waals surface area contributed by atoms with Gasteiger partial charge in [0, 0.05) is 5.78 Å². The fourth-order valence-corrected chi connectivity index (χ4v) is 10.8. The van der Waals surface area contributed by atoms with E-state index in [2.05, 4.69) is 45.0 Å². The van der Waals surface area contributed by atoms with Gasteiger partial charge in [-0.25, -0.2) is 9.97 Å². The smallest absolute Gasteiger partial charge is 0.0915 e. The summed E-state index contributed by atoms with van der Waals surface area (Å²) < 4.78 is 0. The first-order valence-electron chi connectivity index (χ1n) is 9.15. The molecule has 0 aliphatic carbocycles. The van der Waals surface area contributed by atoms with Gasteiger partial charge in [-0.15, -0.1) is 0 Å². The quantitative estimate of drug-likeness (QED) is 0.828. The van der Waals surface area contributed by atoms with Gasteiger partial charge in [-0.05, 0) is 70.6 Å². The molecule has 128 valence electrons. The molecule has 0 bridgehead atoms. The molecule has 5 atom stereocenters. The second-order valence-corrected chi connectivity index (χ2v) is 13.2. The van der Waals surface area contributed by atoms with E-state index in [-0.39, 0.29) is 7.92 Å². The summed E-state index contributed by atoms with van der Waals surface area (Å²) in [7, 11) is -0.614.